The second-order valence-electron chi connectivity index (χ2n) is 22.9. The van der Waals surface area contributed by atoms with Crippen LogP contribution < -0.4 is 14.8 Å². The van der Waals surface area contributed by atoms with Crippen LogP contribution in [0.3, 0.4) is 0 Å². The van der Waals surface area contributed by atoms with Gasteiger partial charge in [-0.25, -0.2) is 9.37 Å². The molecule has 26 nitrogen and oxygen atoms in total. The van der Waals surface area contributed by atoms with Crippen LogP contribution in [0, 0.1) is 0 Å². The van der Waals surface area contributed by atoms with Crippen LogP contribution in [0.1, 0.15) is 110 Å². The van der Waals surface area contributed by atoms with Crippen LogP contribution in [-0.4, -0.2) is 234 Å². The quantitative estimate of drug-likeness (QED) is 0.0257. The zero-order chi connectivity index (χ0) is 68.7. The van der Waals surface area contributed by atoms with Gasteiger partial charge in [-0.2, -0.15) is 16.8 Å². The number of benzene rings is 2. The molecular weight excluding hydrogens is 1270 g/mol. The average molecular weight is 1370 g/mol. The molecule has 28 heteroatoms. The Morgan fingerprint density at radius 1 is 0.628 bits per heavy atom. The Morgan fingerprint density at radius 2 is 1.11 bits per heavy atom. The molecule has 1 saturated heterocycles. The van der Waals surface area contributed by atoms with E-state index in [1.165, 1.54) is 12.1 Å². The molecule has 3 heterocycles. The van der Waals surface area contributed by atoms with E-state index in [1.54, 1.807) is 20.3 Å². The van der Waals surface area contributed by atoms with E-state index in [-0.39, 0.29) is 42.4 Å². The molecule has 1 atom stereocenters. The van der Waals surface area contributed by atoms with E-state index < -0.39 is 49.2 Å². The first-order chi connectivity index (χ1) is 45.2. The van der Waals surface area contributed by atoms with Gasteiger partial charge in [0.2, 0.25) is 5.36 Å². The van der Waals surface area contributed by atoms with Gasteiger partial charge in [-0.05, 0) is 91.6 Å². The van der Waals surface area contributed by atoms with E-state index in [4.69, 9.17) is 66.1 Å². The fraction of sp³-hybridized carbons (Fsp3) is 0.667. The van der Waals surface area contributed by atoms with Gasteiger partial charge in [0.1, 0.15) is 24.7 Å². The second kappa shape index (κ2) is 44.7. The van der Waals surface area contributed by atoms with Gasteiger partial charge in [-0.15, -0.1) is 5.06 Å². The van der Waals surface area contributed by atoms with Gasteiger partial charge in [0, 0.05) is 68.5 Å². The predicted octanol–water partition coefficient (Wildman–Crippen LogP) is 6.70. The van der Waals surface area contributed by atoms with Crippen LogP contribution in [0.4, 0.5) is 5.69 Å². The van der Waals surface area contributed by atoms with Crippen molar-refractivity contribution in [3.8, 4) is 11.3 Å². The van der Waals surface area contributed by atoms with Gasteiger partial charge in [0.25, 0.3) is 32.1 Å². The van der Waals surface area contributed by atoms with E-state index >= 15 is 0 Å². The third-order valence-corrected chi connectivity index (χ3v) is 16.5. The minimum Gasteiger partial charge on any atom is -0.456 e. The first kappa shape index (κ1) is 81.3. The molecule has 0 spiro atoms. The van der Waals surface area contributed by atoms with Crippen LogP contribution >= 0.6 is 0 Å². The molecule has 3 aliphatic heterocycles. The number of hydrogen-bond acceptors (Lipinski definition) is 22. The Labute approximate surface area is 555 Å². The van der Waals surface area contributed by atoms with Crippen LogP contribution in [0.15, 0.2) is 69.6 Å². The minimum absolute atomic E-state index is 0.00217. The highest BCUT2D eigenvalue weighted by atomic mass is 32.2. The molecule has 1 aromatic rings. The largest absolute Gasteiger partial charge is 0.456 e. The summed E-state index contributed by atoms with van der Waals surface area (Å²) in [6.45, 7) is 23.4. The highest BCUT2D eigenvalue weighted by Crippen LogP contribution is 2.51. The summed E-state index contributed by atoms with van der Waals surface area (Å²) >= 11 is 0. The number of hydroxylamine groups is 2. The van der Waals surface area contributed by atoms with Crippen LogP contribution in [0.2, 0.25) is 0 Å². The van der Waals surface area contributed by atoms with Crippen molar-refractivity contribution in [2.24, 2.45) is 0 Å². The number of fused-ring (bicyclic) bond motifs is 2. The lowest BCUT2D eigenvalue weighted by molar-refractivity contribution is -0.197. The van der Waals surface area contributed by atoms with E-state index in [0.717, 1.165) is 16.5 Å². The third kappa shape index (κ3) is 30.1. The molecule has 1 unspecified atom stereocenters. The Balaban J connectivity index is 0.00000931. The van der Waals surface area contributed by atoms with Gasteiger partial charge in [0.15, 0.2) is 13.1 Å². The fourth-order valence-corrected chi connectivity index (χ4v) is 11.1. The summed E-state index contributed by atoms with van der Waals surface area (Å²) in [6.07, 6.45) is 6.91. The maximum absolute atomic E-state index is 12.6. The topological polar surface area (TPSA) is 303 Å². The zero-order valence-electron chi connectivity index (χ0n) is 56.4. The van der Waals surface area contributed by atoms with E-state index in [2.05, 4.69) is 31.4 Å². The monoisotopic (exact) mass is 1370 g/mol. The third-order valence-electron chi connectivity index (χ3n) is 14.9. The van der Waals surface area contributed by atoms with Crippen molar-refractivity contribution in [3.63, 3.8) is 0 Å². The van der Waals surface area contributed by atoms with Crippen molar-refractivity contribution in [2.45, 2.75) is 109 Å². The summed E-state index contributed by atoms with van der Waals surface area (Å²) in [5.41, 5.74) is 2.32. The number of hydrogen-bond donors (Lipinski definition) is 2. The van der Waals surface area contributed by atoms with Crippen molar-refractivity contribution in [3.05, 3.63) is 82.6 Å². The summed E-state index contributed by atoms with van der Waals surface area (Å²) in [5.74, 6) is -1.29. The predicted molar refractivity (Wildman–Crippen MR) is 352 cm³/mol. The van der Waals surface area contributed by atoms with Gasteiger partial charge in [-0.1, -0.05) is 47.1 Å². The molecule has 2 amide bonds. The van der Waals surface area contributed by atoms with Crippen molar-refractivity contribution < 1.29 is 106 Å². The Kier molecular flexibility index (Phi) is 38.6. The summed E-state index contributed by atoms with van der Waals surface area (Å²) < 4.78 is 145. The SMILES string of the molecule is CC.COCCOCCOCCOCCOCCOCC[N+](CCOCCOCCOCCOCCOCCOC)=c1ccc2c(C(C)(C)C)cc(/C=C/C=C3/N(CCCCCC(=O)ON4C(=O)CCC4=O)c4ccc(S(=O)(=O)O)cc4C3(C)CCCS(=O)(=O)O)oc-2c1. The number of anilines is 1. The Morgan fingerprint density at radius 3 is 1.56 bits per heavy atom. The lowest BCUT2D eigenvalue weighted by atomic mass is 9.77. The lowest BCUT2D eigenvalue weighted by Gasteiger charge is -2.30. The smallest absolute Gasteiger partial charge is 0.333 e. The maximum atomic E-state index is 12.6. The van der Waals surface area contributed by atoms with E-state index in [0.29, 0.717) is 218 Å². The lowest BCUT2D eigenvalue weighted by Crippen LogP contribution is -2.36. The van der Waals surface area contributed by atoms with Crippen LogP contribution in [0.25, 0.3) is 17.4 Å². The first-order valence-corrected chi connectivity index (χ1v) is 35.4. The van der Waals surface area contributed by atoms with Gasteiger partial charge in [0.05, 0.1) is 149 Å². The molecule has 0 radical (unpaired) electrons. The van der Waals surface area contributed by atoms with Gasteiger partial charge >= 0.3 is 5.97 Å². The molecule has 532 valence electrons. The molecule has 5 rings (SSSR count). The fourth-order valence-electron chi connectivity index (χ4n) is 10.1. The number of ether oxygens (including phenoxy) is 12. The normalized spacial score (nSPS) is 15.7. The number of amides is 2. The van der Waals surface area contributed by atoms with Crippen molar-refractivity contribution in [2.75, 3.05) is 190 Å². The number of methoxy groups -OCH3 is 2. The van der Waals surface area contributed by atoms with Crippen molar-refractivity contribution in [1.29, 1.82) is 0 Å². The maximum Gasteiger partial charge on any atom is 0.333 e. The molecule has 0 aromatic heterocycles. The van der Waals surface area contributed by atoms with Crippen LogP contribution in [0.5, 0.6) is 0 Å². The summed E-state index contributed by atoms with van der Waals surface area (Å²) in [4.78, 5) is 43.4. The standard InChI is InChI=1S/C64H97N3O23S2.C2H6/c1-63(2,3)55-49-52(12-10-13-59-64(4,21-11-47-91(71,72)73)56-50-53(92(74,75)76)16-18-57(56)66(59)22-9-7-8-14-62(70)90-67-60(68)19-20-61(67)69)89-58-48-51(15-17-54(55)58)65(23-25-79-31-33-83-39-41-87-45-43-85-37-35-81-29-27-77-5)24-26-80-32-34-84-40-42-88-46-44-86-38-36-82-30-28-78-6;1-2/h10,12-13,15-18,48-50H,7-9,11,14,19-47H2,1-6H3,(H-,71,72,73,74,75,76);1-2H3/p+1. The number of carbonyl (C=O) groups is 3. The molecule has 94 heavy (non-hydrogen) atoms. The minimum atomic E-state index is -4.67. The number of allylic oxidation sites excluding steroid dienone is 3. The molecule has 1 aliphatic carbocycles. The summed E-state index contributed by atoms with van der Waals surface area (Å²) in [5, 5.41) is 1.38. The molecule has 0 saturated carbocycles. The molecular formula is C66H104N3O23S2+. The average Bonchev–Trinajstić information content (AvgIpc) is 1.56. The van der Waals surface area contributed by atoms with Crippen molar-refractivity contribution in [1.82, 2.24) is 9.64 Å². The number of carbonyl (C=O) groups excluding carboxylic acids is 3. The Bertz CT molecular complexity index is 2980. The number of nitrogens with zero attached hydrogens (tertiary/aromatic N) is 3. The molecule has 4 aliphatic rings. The van der Waals surface area contributed by atoms with E-state index in [9.17, 15) is 40.3 Å². The highest BCUT2D eigenvalue weighted by Gasteiger charge is 2.44. The second-order valence-corrected chi connectivity index (χ2v) is 25.9. The van der Waals surface area contributed by atoms with Gasteiger partial charge < -0.3 is 71.0 Å². The molecule has 1 fully saturated rings. The highest BCUT2D eigenvalue weighted by molar-refractivity contribution is 7.86. The Hall–Kier alpha value is -5.12. The summed E-state index contributed by atoms with van der Waals surface area (Å²) in [7, 11) is -5.79. The number of unbranched alkanes of at least 4 members (excludes halogenated alkanes) is 2. The first-order valence-electron chi connectivity index (χ1n) is 32.4. The van der Waals surface area contributed by atoms with Crippen molar-refractivity contribution >= 4 is 49.8 Å². The number of rotatable bonds is 50. The molecule has 0 bridgehead atoms. The zero-order valence-corrected chi connectivity index (χ0v) is 58.1. The molecule has 1 aromatic carbocycles. The van der Waals surface area contributed by atoms with Crippen LogP contribution in [-0.2, 0) is 107 Å². The molecule has 2 N–H and O–H groups in total. The van der Waals surface area contributed by atoms with E-state index in [1.807, 2.05) is 62.1 Å². The van der Waals surface area contributed by atoms with Gasteiger partial charge in [-0.3, -0.25) is 18.7 Å². The number of imide groups is 1. The summed E-state index contributed by atoms with van der Waals surface area (Å²) in [6, 6.07) is 12.4.